The van der Waals surface area contributed by atoms with Crippen LogP contribution in [0.3, 0.4) is 0 Å². The lowest BCUT2D eigenvalue weighted by molar-refractivity contribution is 0.509. The Morgan fingerprint density at radius 1 is 0.533 bits per heavy atom. The van der Waals surface area contributed by atoms with Crippen molar-refractivity contribution in [2.45, 2.75) is 51.4 Å². The zero-order valence-electron chi connectivity index (χ0n) is 17.0. The predicted octanol–water partition coefficient (Wildman–Crippen LogP) is 5.76. The third kappa shape index (κ3) is 5.63. The Morgan fingerprint density at radius 3 is 1.47 bits per heavy atom. The molecule has 4 rings (SSSR count). The zero-order chi connectivity index (χ0) is 20.4. The molecule has 2 heterocycles. The molecule has 2 aliphatic heterocycles. The van der Waals surface area contributed by atoms with Crippen LogP contribution >= 0.6 is 0 Å². The first kappa shape index (κ1) is 20.0. The van der Waals surface area contributed by atoms with Crippen LogP contribution in [0.1, 0.15) is 62.5 Å². The van der Waals surface area contributed by atoms with Crippen LogP contribution in [-0.4, -0.2) is 24.2 Å². The van der Waals surface area contributed by atoms with E-state index in [9.17, 15) is 0 Å². The van der Waals surface area contributed by atoms with Gasteiger partial charge in [-0.3, -0.25) is 0 Å². The van der Waals surface area contributed by atoms with Crippen LogP contribution in [0.25, 0.3) is 0 Å². The smallest absolute Gasteiger partial charge is 0.214 e. The second-order valence-electron chi connectivity index (χ2n) is 7.38. The van der Waals surface area contributed by atoms with Gasteiger partial charge in [0.25, 0.3) is 0 Å². The molecule has 0 radical (unpaired) electrons. The van der Waals surface area contributed by atoms with Crippen LogP contribution in [0.2, 0.25) is 0 Å². The minimum absolute atomic E-state index is 0.695. The van der Waals surface area contributed by atoms with Crippen LogP contribution in [0, 0.1) is 0 Å². The summed E-state index contributed by atoms with van der Waals surface area (Å²) in [5, 5.41) is 16.6. The van der Waals surface area contributed by atoms with Gasteiger partial charge in [-0.05, 0) is 37.1 Å². The van der Waals surface area contributed by atoms with E-state index in [4.69, 9.17) is 9.47 Å². The highest BCUT2D eigenvalue weighted by atomic mass is 16.5. The quantitative estimate of drug-likeness (QED) is 0.501. The van der Waals surface area contributed by atoms with Crippen molar-refractivity contribution in [2.75, 3.05) is 0 Å². The molecule has 0 saturated heterocycles. The molecule has 0 N–H and O–H groups in total. The highest BCUT2D eigenvalue weighted by Gasteiger charge is 2.11. The normalized spacial score (nSPS) is 14.4. The van der Waals surface area contributed by atoms with E-state index in [0.717, 1.165) is 61.2 Å². The van der Waals surface area contributed by atoms with Gasteiger partial charge in [0.05, 0.1) is 12.4 Å². The van der Waals surface area contributed by atoms with Gasteiger partial charge in [0.15, 0.2) is 0 Å². The topological polar surface area (TPSA) is 67.9 Å². The Bertz CT molecular complexity index is 899. The molecule has 0 fully saturated rings. The van der Waals surface area contributed by atoms with Gasteiger partial charge in [-0.1, -0.05) is 49.9 Å². The van der Waals surface area contributed by atoms with Gasteiger partial charge in [-0.25, -0.2) is 0 Å². The van der Waals surface area contributed by atoms with E-state index >= 15 is 0 Å². The van der Waals surface area contributed by atoms with Crippen molar-refractivity contribution in [3.8, 4) is 11.5 Å². The zero-order valence-corrected chi connectivity index (χ0v) is 17.0. The van der Waals surface area contributed by atoms with Crippen LogP contribution in [0.4, 0.5) is 0 Å². The molecule has 0 aromatic heterocycles. The van der Waals surface area contributed by atoms with Gasteiger partial charge in [0, 0.05) is 24.0 Å². The van der Waals surface area contributed by atoms with Crippen LogP contribution in [-0.2, 0) is 0 Å². The highest BCUT2D eigenvalue weighted by Crippen LogP contribution is 2.21. The minimum atomic E-state index is 0.695. The molecule has 0 unspecified atom stereocenters. The molecule has 0 aliphatic carbocycles. The van der Waals surface area contributed by atoms with Gasteiger partial charge >= 0.3 is 0 Å². The second kappa shape index (κ2) is 10.5. The molecule has 6 nitrogen and oxygen atoms in total. The molecular formula is C24H26N4O2. The van der Waals surface area contributed by atoms with Gasteiger partial charge < -0.3 is 9.47 Å². The Labute approximate surface area is 177 Å². The lowest BCUT2D eigenvalue weighted by Gasteiger charge is -2.08. The average Bonchev–Trinajstić information content (AvgIpc) is 3.11. The summed E-state index contributed by atoms with van der Waals surface area (Å²) in [5.41, 5.74) is 1.93. The standard InChI is InChI=1S/C24H26N4O2/c1(3-5-15-23-27-25-17-19-11-7-9-13-21(19)29-23)2-4-6-16-24-28-26-18-20-12-8-10-14-22(20)30-24/h7-14,17-18H,1-6,15-16H2. The van der Waals surface area contributed by atoms with Crippen molar-refractivity contribution in [3.05, 3.63) is 59.7 Å². The number of ether oxygens (including phenoxy) is 2. The van der Waals surface area contributed by atoms with Crippen LogP contribution in [0.5, 0.6) is 11.5 Å². The maximum absolute atomic E-state index is 5.89. The van der Waals surface area contributed by atoms with Gasteiger partial charge in [-0.15, -0.1) is 10.2 Å². The van der Waals surface area contributed by atoms with E-state index in [-0.39, 0.29) is 0 Å². The van der Waals surface area contributed by atoms with Crippen molar-refractivity contribution in [2.24, 2.45) is 20.4 Å². The number of fused-ring (bicyclic) bond motifs is 2. The summed E-state index contributed by atoms with van der Waals surface area (Å²) in [5.74, 6) is 3.04. The maximum Gasteiger partial charge on any atom is 0.214 e. The Hall–Kier alpha value is -3.28. The van der Waals surface area contributed by atoms with Crippen molar-refractivity contribution >= 4 is 24.2 Å². The van der Waals surface area contributed by atoms with Gasteiger partial charge in [0.1, 0.15) is 11.5 Å². The molecule has 2 aromatic carbocycles. The SMILES string of the molecule is C1=NN=C(CCCCCCCCC2=NN=Cc3ccccc3O2)Oc2ccccc21. The predicted molar refractivity (Wildman–Crippen MR) is 121 cm³/mol. The van der Waals surface area contributed by atoms with E-state index in [1.165, 1.54) is 12.8 Å². The molecule has 6 heteroatoms. The Morgan fingerprint density at radius 2 is 0.967 bits per heavy atom. The van der Waals surface area contributed by atoms with Crippen molar-refractivity contribution < 1.29 is 9.47 Å². The molecule has 154 valence electrons. The van der Waals surface area contributed by atoms with E-state index in [0.29, 0.717) is 11.8 Å². The largest absolute Gasteiger partial charge is 0.441 e. The molecule has 2 aromatic rings. The number of benzene rings is 2. The first-order chi connectivity index (χ1) is 14.9. The number of hydrogen-bond donors (Lipinski definition) is 0. The molecule has 0 atom stereocenters. The summed E-state index contributed by atoms with van der Waals surface area (Å²) in [6, 6.07) is 15.7. The van der Waals surface area contributed by atoms with Crippen LogP contribution in [0.15, 0.2) is 68.9 Å². The summed E-state index contributed by atoms with van der Waals surface area (Å²) < 4.78 is 11.8. The Kier molecular flexibility index (Phi) is 6.99. The summed E-state index contributed by atoms with van der Waals surface area (Å²) in [6.07, 6.45) is 11.9. The van der Waals surface area contributed by atoms with Crippen molar-refractivity contribution in [3.63, 3.8) is 0 Å². The molecule has 30 heavy (non-hydrogen) atoms. The number of para-hydroxylation sites is 2. The van der Waals surface area contributed by atoms with Crippen molar-refractivity contribution in [1.82, 2.24) is 0 Å². The lowest BCUT2D eigenvalue weighted by Crippen LogP contribution is -2.08. The molecule has 0 spiro atoms. The summed E-state index contributed by atoms with van der Waals surface area (Å²) in [6.45, 7) is 0. The fourth-order valence-corrected chi connectivity index (χ4v) is 3.43. The number of hydrogen-bond acceptors (Lipinski definition) is 6. The summed E-state index contributed by atoms with van der Waals surface area (Å²) >= 11 is 0. The van der Waals surface area contributed by atoms with Crippen molar-refractivity contribution in [1.29, 1.82) is 0 Å². The maximum atomic E-state index is 5.89. The fourth-order valence-electron chi connectivity index (χ4n) is 3.43. The highest BCUT2D eigenvalue weighted by molar-refractivity contribution is 5.90. The van der Waals surface area contributed by atoms with E-state index < -0.39 is 0 Å². The number of rotatable bonds is 9. The molecule has 0 amide bonds. The van der Waals surface area contributed by atoms with Gasteiger partial charge in [-0.2, -0.15) is 10.2 Å². The lowest BCUT2D eigenvalue weighted by atomic mass is 10.1. The first-order valence-corrected chi connectivity index (χ1v) is 10.6. The fraction of sp³-hybridized carbons (Fsp3) is 0.333. The summed E-state index contributed by atoms with van der Waals surface area (Å²) in [4.78, 5) is 0. The van der Waals surface area contributed by atoms with Gasteiger partial charge in [0.2, 0.25) is 11.8 Å². The van der Waals surface area contributed by atoms with Crippen LogP contribution < -0.4 is 9.47 Å². The minimum Gasteiger partial charge on any atom is -0.441 e. The average molecular weight is 402 g/mol. The second-order valence-corrected chi connectivity index (χ2v) is 7.38. The van der Waals surface area contributed by atoms with E-state index in [1.807, 2.05) is 48.5 Å². The molecular weight excluding hydrogens is 376 g/mol. The molecule has 0 saturated carbocycles. The van der Waals surface area contributed by atoms with E-state index in [1.54, 1.807) is 12.4 Å². The molecule has 2 aliphatic rings. The monoisotopic (exact) mass is 402 g/mol. The number of unbranched alkanes of at least 4 members (excludes halogenated alkanes) is 5. The third-order valence-electron chi connectivity index (χ3n) is 5.06. The third-order valence-corrected chi connectivity index (χ3v) is 5.06. The molecule has 0 bridgehead atoms. The Balaban J connectivity index is 1.09. The number of nitrogens with zero attached hydrogens (tertiary/aromatic N) is 4. The van der Waals surface area contributed by atoms with E-state index in [2.05, 4.69) is 20.4 Å². The first-order valence-electron chi connectivity index (χ1n) is 10.6. The summed E-state index contributed by atoms with van der Waals surface area (Å²) in [7, 11) is 0.